The SMILES string of the molecule is Cc1cc(Nc2nc3cc(F)ccc3s2)n[nH]1. The van der Waals surface area contributed by atoms with E-state index in [0.29, 0.717) is 16.5 Å². The quantitative estimate of drug-likeness (QED) is 0.732. The molecule has 0 atom stereocenters. The summed E-state index contributed by atoms with van der Waals surface area (Å²) in [7, 11) is 0. The second-order valence-corrected chi connectivity index (χ2v) is 4.72. The average molecular weight is 248 g/mol. The van der Waals surface area contributed by atoms with Gasteiger partial charge < -0.3 is 5.32 Å². The van der Waals surface area contributed by atoms with Gasteiger partial charge in [0.15, 0.2) is 10.9 Å². The summed E-state index contributed by atoms with van der Waals surface area (Å²) in [5, 5.41) is 10.7. The molecule has 0 saturated heterocycles. The average Bonchev–Trinajstić information content (AvgIpc) is 2.84. The first-order valence-corrected chi connectivity index (χ1v) is 5.87. The number of H-pyrrole nitrogens is 1. The molecule has 3 rings (SSSR count). The van der Waals surface area contributed by atoms with Crippen LogP contribution in [0.25, 0.3) is 10.2 Å². The fraction of sp³-hybridized carbons (Fsp3) is 0.0909. The van der Waals surface area contributed by atoms with Crippen molar-refractivity contribution in [2.45, 2.75) is 6.92 Å². The van der Waals surface area contributed by atoms with Gasteiger partial charge in [0.05, 0.1) is 10.2 Å². The Morgan fingerprint density at radius 1 is 1.35 bits per heavy atom. The predicted molar refractivity (Wildman–Crippen MR) is 66.2 cm³/mol. The monoisotopic (exact) mass is 248 g/mol. The van der Waals surface area contributed by atoms with Gasteiger partial charge in [-0.3, -0.25) is 5.10 Å². The molecule has 0 aliphatic heterocycles. The summed E-state index contributed by atoms with van der Waals surface area (Å²) in [6.07, 6.45) is 0. The molecule has 0 aliphatic carbocycles. The van der Waals surface area contributed by atoms with E-state index in [4.69, 9.17) is 0 Å². The van der Waals surface area contributed by atoms with Gasteiger partial charge in [0.2, 0.25) is 0 Å². The number of hydrogen-bond acceptors (Lipinski definition) is 4. The van der Waals surface area contributed by atoms with Gasteiger partial charge in [0.25, 0.3) is 0 Å². The number of hydrogen-bond donors (Lipinski definition) is 2. The van der Waals surface area contributed by atoms with Gasteiger partial charge in [-0.15, -0.1) is 0 Å². The molecule has 0 bridgehead atoms. The molecule has 0 fully saturated rings. The Kier molecular flexibility index (Phi) is 2.29. The van der Waals surface area contributed by atoms with E-state index in [9.17, 15) is 4.39 Å². The molecule has 3 aromatic rings. The standard InChI is InChI=1S/C11H9FN4S/c1-6-4-10(16-15-6)14-11-13-8-5-7(12)2-3-9(8)17-11/h2-5H,1H3,(H2,13,14,15,16). The summed E-state index contributed by atoms with van der Waals surface area (Å²) >= 11 is 1.47. The smallest absolute Gasteiger partial charge is 0.189 e. The number of aromatic amines is 1. The zero-order valence-corrected chi connectivity index (χ0v) is 9.81. The van der Waals surface area contributed by atoms with E-state index in [1.54, 1.807) is 6.07 Å². The Morgan fingerprint density at radius 3 is 3.00 bits per heavy atom. The molecular formula is C11H9FN4S. The van der Waals surface area contributed by atoms with Gasteiger partial charge in [-0.1, -0.05) is 11.3 Å². The Labute approximate surface area is 101 Å². The van der Waals surface area contributed by atoms with Crippen molar-refractivity contribution in [3.8, 4) is 0 Å². The predicted octanol–water partition coefficient (Wildman–Crippen LogP) is 3.21. The molecule has 2 N–H and O–H groups in total. The third-order valence-corrected chi connectivity index (χ3v) is 3.24. The van der Waals surface area contributed by atoms with Crippen molar-refractivity contribution in [3.63, 3.8) is 0 Å². The number of benzene rings is 1. The molecule has 0 aliphatic rings. The number of rotatable bonds is 2. The minimum Gasteiger partial charge on any atom is -0.315 e. The van der Waals surface area contributed by atoms with Crippen molar-refractivity contribution in [1.82, 2.24) is 15.2 Å². The molecule has 0 amide bonds. The summed E-state index contributed by atoms with van der Waals surface area (Å²) in [4.78, 5) is 4.29. The molecule has 86 valence electrons. The van der Waals surface area contributed by atoms with Crippen molar-refractivity contribution in [2.24, 2.45) is 0 Å². The van der Waals surface area contributed by atoms with E-state index >= 15 is 0 Å². The summed E-state index contributed by atoms with van der Waals surface area (Å²) in [6.45, 7) is 1.92. The van der Waals surface area contributed by atoms with Crippen molar-refractivity contribution in [2.75, 3.05) is 5.32 Å². The van der Waals surface area contributed by atoms with Gasteiger partial charge in [-0.05, 0) is 19.1 Å². The lowest BCUT2D eigenvalue weighted by atomic mass is 10.3. The van der Waals surface area contributed by atoms with Crippen LogP contribution >= 0.6 is 11.3 Å². The number of nitrogens with zero attached hydrogens (tertiary/aromatic N) is 2. The molecule has 1 aromatic carbocycles. The van der Waals surface area contributed by atoms with Crippen LogP contribution in [0.15, 0.2) is 24.3 Å². The minimum atomic E-state index is -0.273. The van der Waals surface area contributed by atoms with Crippen LogP contribution < -0.4 is 5.32 Å². The number of nitrogens with one attached hydrogen (secondary N) is 2. The highest BCUT2D eigenvalue weighted by Crippen LogP contribution is 2.28. The van der Waals surface area contributed by atoms with Crippen LogP contribution in [0.2, 0.25) is 0 Å². The van der Waals surface area contributed by atoms with Crippen molar-refractivity contribution in [3.05, 3.63) is 35.8 Å². The highest BCUT2D eigenvalue weighted by atomic mass is 32.1. The first-order chi connectivity index (χ1) is 8.20. The Morgan fingerprint density at radius 2 is 2.24 bits per heavy atom. The number of anilines is 2. The van der Waals surface area contributed by atoms with Crippen LogP contribution in [0.4, 0.5) is 15.3 Å². The normalized spacial score (nSPS) is 10.9. The van der Waals surface area contributed by atoms with Crippen molar-refractivity contribution in [1.29, 1.82) is 0 Å². The van der Waals surface area contributed by atoms with Gasteiger partial charge in [0.1, 0.15) is 5.82 Å². The van der Waals surface area contributed by atoms with Crippen LogP contribution in [0.3, 0.4) is 0 Å². The maximum Gasteiger partial charge on any atom is 0.189 e. The molecule has 0 spiro atoms. The van der Waals surface area contributed by atoms with Gasteiger partial charge >= 0.3 is 0 Å². The van der Waals surface area contributed by atoms with E-state index in [-0.39, 0.29) is 5.82 Å². The van der Waals surface area contributed by atoms with Gasteiger partial charge in [-0.25, -0.2) is 9.37 Å². The van der Waals surface area contributed by atoms with Crippen LogP contribution in [0.1, 0.15) is 5.69 Å². The molecule has 4 nitrogen and oxygen atoms in total. The zero-order chi connectivity index (χ0) is 11.8. The van der Waals surface area contributed by atoms with Crippen molar-refractivity contribution >= 4 is 32.5 Å². The first-order valence-electron chi connectivity index (χ1n) is 5.06. The van der Waals surface area contributed by atoms with Crippen LogP contribution in [0.5, 0.6) is 0 Å². The lowest BCUT2D eigenvalue weighted by Crippen LogP contribution is -1.88. The summed E-state index contributed by atoms with van der Waals surface area (Å²) in [5.74, 6) is 0.437. The van der Waals surface area contributed by atoms with E-state index in [0.717, 1.165) is 10.4 Å². The highest BCUT2D eigenvalue weighted by Gasteiger charge is 2.06. The summed E-state index contributed by atoms with van der Waals surface area (Å²) in [6, 6.07) is 6.46. The Bertz CT molecular complexity index is 673. The van der Waals surface area contributed by atoms with Crippen LogP contribution in [-0.4, -0.2) is 15.2 Å². The van der Waals surface area contributed by atoms with E-state index in [2.05, 4.69) is 20.5 Å². The summed E-state index contributed by atoms with van der Waals surface area (Å²) < 4.78 is 13.9. The second-order valence-electron chi connectivity index (χ2n) is 3.69. The number of aryl methyl sites for hydroxylation is 1. The first kappa shape index (κ1) is 10.2. The fourth-order valence-corrected chi connectivity index (χ4v) is 2.40. The second kappa shape index (κ2) is 3.81. The molecular weight excluding hydrogens is 239 g/mol. The lowest BCUT2D eigenvalue weighted by Gasteiger charge is -1.93. The lowest BCUT2D eigenvalue weighted by molar-refractivity contribution is 0.629. The maximum absolute atomic E-state index is 13.0. The topological polar surface area (TPSA) is 53.6 Å². The van der Waals surface area contributed by atoms with Gasteiger partial charge in [-0.2, -0.15) is 5.10 Å². The Hall–Kier alpha value is -1.95. The molecule has 6 heteroatoms. The van der Waals surface area contributed by atoms with Crippen molar-refractivity contribution < 1.29 is 4.39 Å². The van der Waals surface area contributed by atoms with Crippen LogP contribution in [-0.2, 0) is 0 Å². The number of fused-ring (bicyclic) bond motifs is 1. The fourth-order valence-electron chi connectivity index (χ4n) is 1.55. The van der Waals surface area contributed by atoms with Crippen LogP contribution in [0, 0.1) is 12.7 Å². The highest BCUT2D eigenvalue weighted by molar-refractivity contribution is 7.22. The molecule has 2 aromatic heterocycles. The Balaban J connectivity index is 1.95. The third kappa shape index (κ3) is 1.99. The van der Waals surface area contributed by atoms with Gasteiger partial charge in [0, 0.05) is 17.8 Å². The molecule has 17 heavy (non-hydrogen) atoms. The molecule has 0 radical (unpaired) electrons. The largest absolute Gasteiger partial charge is 0.315 e. The molecule has 0 unspecified atom stereocenters. The number of thiazole rings is 1. The maximum atomic E-state index is 13.0. The minimum absolute atomic E-state index is 0.273. The molecule has 0 saturated carbocycles. The third-order valence-electron chi connectivity index (χ3n) is 2.29. The van der Waals surface area contributed by atoms with E-state index < -0.39 is 0 Å². The molecule has 2 heterocycles. The van der Waals surface area contributed by atoms with E-state index in [1.165, 1.54) is 23.5 Å². The van der Waals surface area contributed by atoms with E-state index in [1.807, 2.05) is 13.0 Å². The number of aromatic nitrogens is 3. The zero-order valence-electron chi connectivity index (χ0n) is 8.99. The number of halogens is 1. The summed E-state index contributed by atoms with van der Waals surface area (Å²) in [5.41, 5.74) is 1.63.